The number of likely N-dealkylation sites (N-methyl/N-ethyl adjacent to an activating group) is 1. The van der Waals surface area contributed by atoms with E-state index in [1.54, 1.807) is 0 Å². The lowest BCUT2D eigenvalue weighted by atomic mass is 9.88. The SMILES string of the molecule is CC(CNCC(C)(C)CCC#N)N(C)C. The van der Waals surface area contributed by atoms with Gasteiger partial charge in [-0.15, -0.1) is 0 Å². The lowest BCUT2D eigenvalue weighted by Crippen LogP contribution is -2.39. The molecule has 0 saturated heterocycles. The van der Waals surface area contributed by atoms with Crippen molar-refractivity contribution in [3.63, 3.8) is 0 Å². The molecule has 0 aromatic heterocycles. The van der Waals surface area contributed by atoms with E-state index in [-0.39, 0.29) is 5.41 Å². The van der Waals surface area contributed by atoms with E-state index in [4.69, 9.17) is 5.26 Å². The minimum Gasteiger partial charge on any atom is -0.315 e. The van der Waals surface area contributed by atoms with E-state index in [1.807, 2.05) is 0 Å². The summed E-state index contributed by atoms with van der Waals surface area (Å²) in [6.45, 7) is 8.60. The molecule has 3 nitrogen and oxygen atoms in total. The average Bonchev–Trinajstić information content (AvgIpc) is 2.14. The van der Waals surface area contributed by atoms with Crippen molar-refractivity contribution in [2.24, 2.45) is 5.41 Å². The molecule has 0 bridgehead atoms. The fourth-order valence-electron chi connectivity index (χ4n) is 1.28. The van der Waals surface area contributed by atoms with E-state index < -0.39 is 0 Å². The highest BCUT2D eigenvalue weighted by molar-refractivity contribution is 4.79. The summed E-state index contributed by atoms with van der Waals surface area (Å²) < 4.78 is 0. The maximum atomic E-state index is 8.54. The van der Waals surface area contributed by atoms with Crippen molar-refractivity contribution in [3.05, 3.63) is 0 Å². The first kappa shape index (κ1) is 14.4. The Hall–Kier alpha value is -0.590. The van der Waals surface area contributed by atoms with Crippen molar-refractivity contribution >= 4 is 0 Å². The molecule has 0 fully saturated rings. The molecule has 0 saturated carbocycles. The number of nitrogens with zero attached hydrogens (tertiary/aromatic N) is 2. The lowest BCUT2D eigenvalue weighted by molar-refractivity contribution is 0.270. The summed E-state index contributed by atoms with van der Waals surface area (Å²) in [4.78, 5) is 2.20. The third kappa shape index (κ3) is 7.35. The largest absolute Gasteiger partial charge is 0.315 e. The second-order valence-corrected chi connectivity index (χ2v) is 5.27. The van der Waals surface area contributed by atoms with Crippen LogP contribution < -0.4 is 5.32 Å². The van der Waals surface area contributed by atoms with Crippen LogP contribution in [0.2, 0.25) is 0 Å². The van der Waals surface area contributed by atoms with Crippen molar-refractivity contribution < 1.29 is 0 Å². The molecule has 1 atom stereocenters. The van der Waals surface area contributed by atoms with Gasteiger partial charge in [-0.1, -0.05) is 13.8 Å². The van der Waals surface area contributed by atoms with Gasteiger partial charge in [0.15, 0.2) is 0 Å². The van der Waals surface area contributed by atoms with Crippen molar-refractivity contribution in [2.75, 3.05) is 27.2 Å². The Morgan fingerprint density at radius 1 is 1.40 bits per heavy atom. The summed E-state index contributed by atoms with van der Waals surface area (Å²) in [5, 5.41) is 12.0. The zero-order valence-corrected chi connectivity index (χ0v) is 10.8. The van der Waals surface area contributed by atoms with Gasteiger partial charge in [0.05, 0.1) is 6.07 Å². The minimum atomic E-state index is 0.224. The zero-order chi connectivity index (χ0) is 11.9. The molecule has 0 spiro atoms. The zero-order valence-electron chi connectivity index (χ0n) is 10.8. The van der Waals surface area contributed by atoms with Crippen molar-refractivity contribution in [1.29, 1.82) is 5.26 Å². The van der Waals surface area contributed by atoms with Gasteiger partial charge in [-0.2, -0.15) is 5.26 Å². The van der Waals surface area contributed by atoms with E-state index in [0.717, 1.165) is 19.5 Å². The molecule has 88 valence electrons. The predicted molar refractivity (Wildman–Crippen MR) is 64.6 cm³/mol. The summed E-state index contributed by atoms with van der Waals surface area (Å²) in [6, 6.07) is 2.76. The molecule has 0 rings (SSSR count). The molecule has 0 aromatic rings. The Kier molecular flexibility index (Phi) is 6.55. The Morgan fingerprint density at radius 2 is 2.00 bits per heavy atom. The molecule has 1 unspecified atom stereocenters. The van der Waals surface area contributed by atoms with E-state index in [0.29, 0.717) is 12.5 Å². The number of nitrogens with one attached hydrogen (secondary N) is 1. The average molecular weight is 211 g/mol. The highest BCUT2D eigenvalue weighted by atomic mass is 15.1. The predicted octanol–water partition coefficient (Wildman–Crippen LogP) is 1.86. The topological polar surface area (TPSA) is 39.1 Å². The molecule has 0 amide bonds. The molecule has 15 heavy (non-hydrogen) atoms. The van der Waals surface area contributed by atoms with Gasteiger partial charge in [-0.25, -0.2) is 0 Å². The normalized spacial score (nSPS) is 13.9. The van der Waals surface area contributed by atoms with Gasteiger partial charge in [0.2, 0.25) is 0 Å². The number of nitriles is 1. The molecular weight excluding hydrogens is 186 g/mol. The molecule has 0 heterocycles. The molecule has 0 aliphatic carbocycles. The van der Waals surface area contributed by atoms with E-state index in [2.05, 4.69) is 51.2 Å². The van der Waals surface area contributed by atoms with Crippen LogP contribution >= 0.6 is 0 Å². The second kappa shape index (κ2) is 6.81. The molecular formula is C12H25N3. The Bertz CT molecular complexity index is 203. The fraction of sp³-hybridized carbons (Fsp3) is 0.917. The van der Waals surface area contributed by atoms with Crippen LogP contribution in [0.3, 0.4) is 0 Å². The highest BCUT2D eigenvalue weighted by Crippen LogP contribution is 2.20. The van der Waals surface area contributed by atoms with Gasteiger partial charge in [0, 0.05) is 25.6 Å². The van der Waals surface area contributed by atoms with Gasteiger partial charge in [0.1, 0.15) is 0 Å². The Labute approximate surface area is 94.5 Å². The Balaban J connectivity index is 3.70. The van der Waals surface area contributed by atoms with Crippen LogP contribution in [-0.4, -0.2) is 38.1 Å². The van der Waals surface area contributed by atoms with Crippen molar-refractivity contribution in [1.82, 2.24) is 10.2 Å². The van der Waals surface area contributed by atoms with Crippen LogP contribution in [0.5, 0.6) is 0 Å². The maximum Gasteiger partial charge on any atom is 0.0621 e. The maximum absolute atomic E-state index is 8.54. The van der Waals surface area contributed by atoms with Gasteiger partial charge in [0.25, 0.3) is 0 Å². The molecule has 3 heteroatoms. The molecule has 0 aromatic carbocycles. The van der Waals surface area contributed by atoms with Crippen LogP contribution in [-0.2, 0) is 0 Å². The standard InChI is InChI=1S/C12H25N3/c1-11(15(4)5)9-14-10-12(2,3)7-6-8-13/h11,14H,6-7,9-10H2,1-5H3. The Morgan fingerprint density at radius 3 is 2.47 bits per heavy atom. The third-order valence-corrected chi connectivity index (χ3v) is 2.84. The van der Waals surface area contributed by atoms with Crippen LogP contribution in [0.4, 0.5) is 0 Å². The molecule has 0 radical (unpaired) electrons. The first-order chi connectivity index (χ1) is 6.89. The second-order valence-electron chi connectivity index (χ2n) is 5.27. The van der Waals surface area contributed by atoms with E-state index >= 15 is 0 Å². The number of rotatable bonds is 7. The minimum absolute atomic E-state index is 0.224. The van der Waals surface area contributed by atoms with Gasteiger partial charge in [-0.3, -0.25) is 0 Å². The number of hydrogen-bond donors (Lipinski definition) is 1. The quantitative estimate of drug-likeness (QED) is 0.698. The van der Waals surface area contributed by atoms with Gasteiger partial charge in [-0.05, 0) is 32.9 Å². The summed E-state index contributed by atoms with van der Waals surface area (Å²) in [5.74, 6) is 0. The summed E-state index contributed by atoms with van der Waals surface area (Å²) in [6.07, 6.45) is 1.62. The summed E-state index contributed by atoms with van der Waals surface area (Å²) in [7, 11) is 4.18. The summed E-state index contributed by atoms with van der Waals surface area (Å²) >= 11 is 0. The summed E-state index contributed by atoms with van der Waals surface area (Å²) in [5.41, 5.74) is 0.224. The van der Waals surface area contributed by atoms with Crippen LogP contribution in [0.25, 0.3) is 0 Å². The monoisotopic (exact) mass is 211 g/mol. The highest BCUT2D eigenvalue weighted by Gasteiger charge is 2.17. The first-order valence-electron chi connectivity index (χ1n) is 5.63. The number of hydrogen-bond acceptors (Lipinski definition) is 3. The van der Waals surface area contributed by atoms with E-state index in [1.165, 1.54) is 0 Å². The molecule has 0 aliphatic heterocycles. The molecule has 1 N–H and O–H groups in total. The smallest absolute Gasteiger partial charge is 0.0621 e. The fourth-order valence-corrected chi connectivity index (χ4v) is 1.28. The first-order valence-corrected chi connectivity index (χ1v) is 5.63. The third-order valence-electron chi connectivity index (χ3n) is 2.84. The van der Waals surface area contributed by atoms with Crippen LogP contribution in [0.15, 0.2) is 0 Å². The molecule has 0 aliphatic rings. The van der Waals surface area contributed by atoms with Crippen molar-refractivity contribution in [3.8, 4) is 6.07 Å². The lowest BCUT2D eigenvalue weighted by Gasteiger charge is -2.26. The van der Waals surface area contributed by atoms with Crippen LogP contribution in [0, 0.1) is 16.7 Å². The van der Waals surface area contributed by atoms with E-state index in [9.17, 15) is 0 Å². The van der Waals surface area contributed by atoms with Gasteiger partial charge < -0.3 is 10.2 Å². The van der Waals surface area contributed by atoms with Crippen molar-refractivity contribution in [2.45, 2.75) is 39.7 Å². The van der Waals surface area contributed by atoms with Crippen LogP contribution in [0.1, 0.15) is 33.6 Å². The van der Waals surface area contributed by atoms with Gasteiger partial charge >= 0.3 is 0 Å².